The average Bonchev–Trinajstić information content (AvgIpc) is 2.24. The smallest absolute Gasteiger partial charge is 0.245 e. The molecule has 0 aliphatic rings. The molecule has 0 heterocycles. The molecule has 0 saturated carbocycles. The maximum Gasteiger partial charge on any atom is 0.245 e. The van der Waals surface area contributed by atoms with Crippen LogP contribution >= 0.6 is 12.6 Å². The predicted molar refractivity (Wildman–Crippen MR) is 68.6 cm³/mol. The predicted octanol–water partition coefficient (Wildman–Crippen LogP) is 1.07. The fourth-order valence-electron chi connectivity index (χ4n) is 1.41. The van der Waals surface area contributed by atoms with Crippen LogP contribution in [0.15, 0.2) is 0 Å². The third kappa shape index (κ3) is 6.00. The van der Waals surface area contributed by atoms with Crippen LogP contribution in [-0.2, 0) is 9.59 Å². The SMILES string of the molecule is CCCCCN(C)C(=O)C(CS)NC(C)=O. The lowest BCUT2D eigenvalue weighted by Crippen LogP contribution is -2.48. The molecule has 0 radical (unpaired) electrons. The Morgan fingerprint density at radius 1 is 1.38 bits per heavy atom. The van der Waals surface area contributed by atoms with Crippen molar-refractivity contribution in [3.63, 3.8) is 0 Å². The topological polar surface area (TPSA) is 49.4 Å². The van der Waals surface area contributed by atoms with E-state index in [1.54, 1.807) is 11.9 Å². The Kier molecular flexibility index (Phi) is 8.07. The van der Waals surface area contributed by atoms with E-state index >= 15 is 0 Å². The summed E-state index contributed by atoms with van der Waals surface area (Å²) in [5, 5.41) is 2.59. The summed E-state index contributed by atoms with van der Waals surface area (Å²) in [6, 6.07) is -0.507. The van der Waals surface area contributed by atoms with Gasteiger partial charge >= 0.3 is 0 Å². The Balaban J connectivity index is 4.11. The molecule has 0 rings (SSSR count). The van der Waals surface area contributed by atoms with E-state index in [1.807, 2.05) is 0 Å². The lowest BCUT2D eigenvalue weighted by Gasteiger charge is -2.23. The van der Waals surface area contributed by atoms with Crippen molar-refractivity contribution >= 4 is 24.4 Å². The quantitative estimate of drug-likeness (QED) is 0.521. The molecule has 2 amide bonds. The van der Waals surface area contributed by atoms with Gasteiger partial charge in [-0.05, 0) is 6.42 Å². The molecule has 0 spiro atoms. The molecule has 1 atom stereocenters. The van der Waals surface area contributed by atoms with Crippen LogP contribution in [0.4, 0.5) is 0 Å². The van der Waals surface area contributed by atoms with Gasteiger partial charge in [-0.3, -0.25) is 9.59 Å². The van der Waals surface area contributed by atoms with E-state index in [0.717, 1.165) is 25.8 Å². The highest BCUT2D eigenvalue weighted by Gasteiger charge is 2.20. The monoisotopic (exact) mass is 246 g/mol. The van der Waals surface area contributed by atoms with E-state index in [0.29, 0.717) is 5.75 Å². The van der Waals surface area contributed by atoms with Crippen LogP contribution in [0.25, 0.3) is 0 Å². The minimum absolute atomic E-state index is 0.0682. The van der Waals surface area contributed by atoms with Gasteiger partial charge in [0.1, 0.15) is 6.04 Å². The zero-order valence-corrected chi connectivity index (χ0v) is 11.2. The van der Waals surface area contributed by atoms with E-state index in [-0.39, 0.29) is 11.8 Å². The van der Waals surface area contributed by atoms with Crippen LogP contribution in [0.2, 0.25) is 0 Å². The molecule has 16 heavy (non-hydrogen) atoms. The van der Waals surface area contributed by atoms with Gasteiger partial charge in [0.15, 0.2) is 0 Å². The largest absolute Gasteiger partial charge is 0.344 e. The van der Waals surface area contributed by atoms with E-state index in [4.69, 9.17) is 0 Å². The summed E-state index contributed by atoms with van der Waals surface area (Å²) in [6.07, 6.45) is 3.24. The molecule has 0 aromatic rings. The van der Waals surface area contributed by atoms with Crippen LogP contribution in [0.1, 0.15) is 33.1 Å². The fraction of sp³-hybridized carbons (Fsp3) is 0.818. The van der Waals surface area contributed by atoms with Gasteiger partial charge < -0.3 is 10.2 Å². The number of carbonyl (C=O) groups excluding carboxylic acids is 2. The number of unbranched alkanes of at least 4 members (excludes halogenated alkanes) is 2. The average molecular weight is 246 g/mol. The summed E-state index contributed by atoms with van der Waals surface area (Å²) in [6.45, 7) is 4.26. The summed E-state index contributed by atoms with van der Waals surface area (Å²) in [5.41, 5.74) is 0. The Labute approximate surface area is 103 Å². The van der Waals surface area contributed by atoms with E-state index in [1.165, 1.54) is 6.92 Å². The third-order valence-electron chi connectivity index (χ3n) is 2.33. The van der Waals surface area contributed by atoms with Gasteiger partial charge in [0, 0.05) is 26.3 Å². The first-order valence-electron chi connectivity index (χ1n) is 5.65. The van der Waals surface area contributed by atoms with Gasteiger partial charge in [-0.1, -0.05) is 19.8 Å². The fourth-order valence-corrected chi connectivity index (χ4v) is 1.65. The van der Waals surface area contributed by atoms with Gasteiger partial charge in [0.05, 0.1) is 0 Å². The minimum Gasteiger partial charge on any atom is -0.344 e. The van der Waals surface area contributed by atoms with Crippen LogP contribution in [-0.4, -0.2) is 42.1 Å². The summed E-state index contributed by atoms with van der Waals surface area (Å²) >= 11 is 4.07. The molecular formula is C11H22N2O2S. The van der Waals surface area contributed by atoms with Crippen molar-refractivity contribution in [2.45, 2.75) is 39.2 Å². The Morgan fingerprint density at radius 2 is 2.00 bits per heavy atom. The number of nitrogens with one attached hydrogen (secondary N) is 1. The zero-order valence-electron chi connectivity index (χ0n) is 10.3. The highest BCUT2D eigenvalue weighted by Crippen LogP contribution is 2.00. The molecule has 0 aliphatic carbocycles. The summed E-state index contributed by atoms with van der Waals surface area (Å²) in [7, 11) is 1.76. The van der Waals surface area contributed by atoms with Crippen molar-refractivity contribution in [3.8, 4) is 0 Å². The molecule has 0 aromatic heterocycles. The third-order valence-corrected chi connectivity index (χ3v) is 2.70. The normalized spacial score (nSPS) is 12.0. The number of nitrogens with zero attached hydrogens (tertiary/aromatic N) is 1. The zero-order chi connectivity index (χ0) is 12.6. The van der Waals surface area contributed by atoms with E-state index < -0.39 is 6.04 Å². The molecule has 1 N–H and O–H groups in total. The Bertz CT molecular complexity index is 234. The molecule has 0 saturated heterocycles. The molecule has 4 nitrogen and oxygen atoms in total. The van der Waals surface area contributed by atoms with E-state index in [9.17, 15) is 9.59 Å². The van der Waals surface area contributed by atoms with Crippen molar-refractivity contribution in [1.82, 2.24) is 10.2 Å². The maximum atomic E-state index is 11.9. The number of carbonyl (C=O) groups is 2. The van der Waals surface area contributed by atoms with E-state index in [2.05, 4.69) is 24.9 Å². The van der Waals surface area contributed by atoms with Crippen molar-refractivity contribution < 1.29 is 9.59 Å². The lowest BCUT2D eigenvalue weighted by atomic mass is 10.2. The minimum atomic E-state index is -0.507. The number of likely N-dealkylation sites (N-methyl/N-ethyl adjacent to an activating group) is 1. The van der Waals surface area contributed by atoms with Gasteiger partial charge in [-0.25, -0.2) is 0 Å². The molecule has 0 aromatic carbocycles. The number of thiol groups is 1. The van der Waals surface area contributed by atoms with Crippen LogP contribution in [0.5, 0.6) is 0 Å². The van der Waals surface area contributed by atoms with Crippen molar-refractivity contribution in [2.24, 2.45) is 0 Å². The van der Waals surface area contributed by atoms with Gasteiger partial charge in [0.25, 0.3) is 0 Å². The Hall–Kier alpha value is -0.710. The molecular weight excluding hydrogens is 224 g/mol. The second kappa shape index (κ2) is 8.44. The number of hydrogen-bond acceptors (Lipinski definition) is 3. The van der Waals surface area contributed by atoms with Crippen LogP contribution in [0, 0.1) is 0 Å². The van der Waals surface area contributed by atoms with Gasteiger partial charge in [-0.15, -0.1) is 0 Å². The second-order valence-corrected chi connectivity index (χ2v) is 4.27. The van der Waals surface area contributed by atoms with Crippen molar-refractivity contribution in [1.29, 1.82) is 0 Å². The molecule has 0 aliphatic heterocycles. The number of amides is 2. The highest BCUT2D eigenvalue weighted by molar-refractivity contribution is 7.80. The Morgan fingerprint density at radius 3 is 2.44 bits per heavy atom. The summed E-state index contributed by atoms with van der Waals surface area (Å²) in [5.74, 6) is 0.0620. The lowest BCUT2D eigenvalue weighted by molar-refractivity contribution is -0.134. The van der Waals surface area contributed by atoms with Gasteiger partial charge in [-0.2, -0.15) is 12.6 Å². The first kappa shape index (κ1) is 15.3. The first-order valence-corrected chi connectivity index (χ1v) is 6.29. The van der Waals surface area contributed by atoms with Gasteiger partial charge in [0.2, 0.25) is 11.8 Å². The standard InChI is InChI=1S/C11H22N2O2S/c1-4-5-6-7-13(3)11(15)10(8-16)12-9(2)14/h10,16H,4-8H2,1-3H3,(H,12,14). The number of rotatable bonds is 7. The maximum absolute atomic E-state index is 11.9. The molecule has 1 unspecified atom stereocenters. The summed E-state index contributed by atoms with van der Waals surface area (Å²) < 4.78 is 0. The molecule has 5 heteroatoms. The molecule has 0 bridgehead atoms. The summed E-state index contributed by atoms with van der Waals surface area (Å²) in [4.78, 5) is 24.4. The van der Waals surface area contributed by atoms with Crippen molar-refractivity contribution in [2.75, 3.05) is 19.3 Å². The highest BCUT2D eigenvalue weighted by atomic mass is 32.1. The van der Waals surface area contributed by atoms with Crippen LogP contribution in [0.3, 0.4) is 0 Å². The first-order chi connectivity index (χ1) is 7.52. The van der Waals surface area contributed by atoms with Crippen molar-refractivity contribution in [3.05, 3.63) is 0 Å². The number of hydrogen-bond donors (Lipinski definition) is 2. The molecule has 94 valence electrons. The molecule has 0 fully saturated rings. The van der Waals surface area contributed by atoms with Crippen LogP contribution < -0.4 is 5.32 Å². The second-order valence-electron chi connectivity index (χ2n) is 3.90.